The highest BCUT2D eigenvalue weighted by molar-refractivity contribution is 14.0. The topological polar surface area (TPSA) is 58.1 Å². The minimum atomic E-state index is 0. The van der Waals surface area contributed by atoms with Crippen LogP contribution < -0.4 is 15.5 Å². The molecule has 0 aromatic heterocycles. The van der Waals surface area contributed by atoms with Gasteiger partial charge in [-0.2, -0.15) is 0 Å². The fraction of sp³-hybridized carbons (Fsp3) is 0.632. The van der Waals surface area contributed by atoms with E-state index in [-0.39, 0.29) is 30.1 Å². The van der Waals surface area contributed by atoms with E-state index in [2.05, 4.69) is 58.8 Å². The van der Waals surface area contributed by atoms with Crippen LogP contribution in [-0.2, 0) is 9.47 Å². The molecule has 2 rings (SSSR count). The van der Waals surface area contributed by atoms with Crippen LogP contribution in [0.2, 0.25) is 0 Å². The Bertz CT molecular complexity index is 510. The molecule has 6 nitrogen and oxygen atoms in total. The number of anilines is 1. The van der Waals surface area contributed by atoms with E-state index in [9.17, 15) is 0 Å². The molecular weight excluding hydrogens is 443 g/mol. The number of nitrogens with one attached hydrogen (secondary N) is 2. The van der Waals surface area contributed by atoms with Gasteiger partial charge < -0.3 is 25.0 Å². The second-order valence-electron chi connectivity index (χ2n) is 6.39. The summed E-state index contributed by atoms with van der Waals surface area (Å²) in [6.45, 7) is 6.19. The second kappa shape index (κ2) is 13.2. The van der Waals surface area contributed by atoms with Crippen molar-refractivity contribution in [3.63, 3.8) is 0 Å². The zero-order valence-corrected chi connectivity index (χ0v) is 18.4. The summed E-state index contributed by atoms with van der Waals surface area (Å²) < 4.78 is 11.1. The lowest BCUT2D eigenvalue weighted by molar-refractivity contribution is 0.0420. The van der Waals surface area contributed by atoms with Gasteiger partial charge >= 0.3 is 0 Å². The summed E-state index contributed by atoms with van der Waals surface area (Å²) in [6.07, 6.45) is 2.26. The summed E-state index contributed by atoms with van der Waals surface area (Å²) in [5.41, 5.74) is 1.22. The van der Waals surface area contributed by atoms with Crippen LogP contribution in [-0.4, -0.2) is 65.1 Å². The van der Waals surface area contributed by atoms with Crippen molar-refractivity contribution >= 4 is 35.6 Å². The monoisotopic (exact) mass is 476 g/mol. The molecule has 1 aliphatic heterocycles. The maximum absolute atomic E-state index is 5.77. The lowest BCUT2D eigenvalue weighted by Crippen LogP contribution is -2.45. The predicted octanol–water partition coefficient (Wildman–Crippen LogP) is 2.49. The summed E-state index contributed by atoms with van der Waals surface area (Å²) in [5.74, 6) is 0.831. The van der Waals surface area contributed by atoms with Crippen LogP contribution in [0.25, 0.3) is 0 Å². The molecule has 1 aromatic rings. The summed E-state index contributed by atoms with van der Waals surface area (Å²) in [5, 5.41) is 6.73. The summed E-state index contributed by atoms with van der Waals surface area (Å²) >= 11 is 0. The molecule has 0 bridgehead atoms. The number of benzene rings is 1. The second-order valence-corrected chi connectivity index (χ2v) is 6.39. The van der Waals surface area contributed by atoms with Crippen LogP contribution in [0.15, 0.2) is 35.3 Å². The Kier molecular flexibility index (Phi) is 11.6. The lowest BCUT2D eigenvalue weighted by atomic mass is 10.2. The molecule has 1 aliphatic rings. The van der Waals surface area contributed by atoms with E-state index in [4.69, 9.17) is 9.47 Å². The van der Waals surface area contributed by atoms with E-state index in [1.807, 2.05) is 6.07 Å². The Morgan fingerprint density at radius 1 is 1.35 bits per heavy atom. The van der Waals surface area contributed by atoms with Gasteiger partial charge in [-0.25, -0.2) is 0 Å². The van der Waals surface area contributed by atoms with E-state index in [0.29, 0.717) is 6.04 Å². The maximum atomic E-state index is 5.77. The van der Waals surface area contributed by atoms with Gasteiger partial charge in [-0.15, -0.1) is 24.0 Å². The van der Waals surface area contributed by atoms with Crippen molar-refractivity contribution in [3.8, 4) is 0 Å². The number of para-hydroxylation sites is 1. The molecule has 0 spiro atoms. The molecule has 0 aliphatic carbocycles. The zero-order chi connectivity index (χ0) is 17.9. The third-order valence-electron chi connectivity index (χ3n) is 4.47. The van der Waals surface area contributed by atoms with Crippen LogP contribution in [0.1, 0.15) is 19.8 Å². The molecule has 26 heavy (non-hydrogen) atoms. The summed E-state index contributed by atoms with van der Waals surface area (Å²) in [6, 6.07) is 10.8. The van der Waals surface area contributed by atoms with Gasteiger partial charge in [0.2, 0.25) is 0 Å². The Labute approximate surface area is 174 Å². The van der Waals surface area contributed by atoms with Crippen molar-refractivity contribution < 1.29 is 9.47 Å². The molecule has 2 atom stereocenters. The highest BCUT2D eigenvalue weighted by atomic mass is 127. The first-order valence-corrected chi connectivity index (χ1v) is 9.12. The van der Waals surface area contributed by atoms with E-state index >= 15 is 0 Å². The first kappa shape index (κ1) is 23.0. The minimum absolute atomic E-state index is 0. The molecule has 0 saturated carbocycles. The minimum Gasteiger partial charge on any atom is -0.379 e. The molecule has 2 unspecified atom stereocenters. The van der Waals surface area contributed by atoms with E-state index in [0.717, 1.165) is 51.7 Å². The molecule has 0 radical (unpaired) electrons. The van der Waals surface area contributed by atoms with Crippen LogP contribution in [0.5, 0.6) is 0 Å². The standard InChI is InChI=1S/C19H32N4O2.HI/c1-16(23(3)17-8-5-4-6-9-17)14-22-19(20-2)21-11-7-12-25-18-10-13-24-15-18;/h4-6,8-9,16,18H,7,10-15H2,1-3H3,(H2,20,21,22);1H. The SMILES string of the molecule is CN=C(NCCCOC1CCOC1)NCC(C)N(C)c1ccccc1.I. The Balaban J connectivity index is 0.00000338. The maximum Gasteiger partial charge on any atom is 0.191 e. The molecule has 148 valence electrons. The fourth-order valence-electron chi connectivity index (χ4n) is 2.69. The lowest BCUT2D eigenvalue weighted by Gasteiger charge is -2.27. The van der Waals surface area contributed by atoms with E-state index < -0.39 is 0 Å². The first-order valence-electron chi connectivity index (χ1n) is 9.12. The van der Waals surface area contributed by atoms with Gasteiger partial charge in [0.25, 0.3) is 0 Å². The molecule has 0 amide bonds. The smallest absolute Gasteiger partial charge is 0.191 e. The van der Waals surface area contributed by atoms with Crippen molar-refractivity contribution in [2.75, 3.05) is 51.9 Å². The number of aliphatic imine (C=N–C) groups is 1. The van der Waals surface area contributed by atoms with Crippen molar-refractivity contribution in [2.45, 2.75) is 31.9 Å². The number of nitrogens with zero attached hydrogens (tertiary/aromatic N) is 2. The quantitative estimate of drug-likeness (QED) is 0.248. The number of hydrogen-bond donors (Lipinski definition) is 2. The molecule has 7 heteroatoms. The number of hydrogen-bond acceptors (Lipinski definition) is 4. The normalized spacial score (nSPS) is 18.1. The van der Waals surface area contributed by atoms with Gasteiger partial charge in [-0.05, 0) is 31.9 Å². The number of halogens is 1. The number of ether oxygens (including phenoxy) is 2. The van der Waals surface area contributed by atoms with Crippen LogP contribution in [0.4, 0.5) is 5.69 Å². The van der Waals surface area contributed by atoms with Gasteiger partial charge in [0.15, 0.2) is 5.96 Å². The van der Waals surface area contributed by atoms with Crippen LogP contribution >= 0.6 is 24.0 Å². The highest BCUT2D eigenvalue weighted by Crippen LogP contribution is 2.13. The van der Waals surface area contributed by atoms with Gasteiger partial charge in [-0.1, -0.05) is 18.2 Å². The average molecular weight is 476 g/mol. The molecule has 2 N–H and O–H groups in total. The summed E-state index contributed by atoms with van der Waals surface area (Å²) in [4.78, 5) is 6.54. The zero-order valence-electron chi connectivity index (χ0n) is 16.1. The van der Waals surface area contributed by atoms with E-state index in [1.54, 1.807) is 7.05 Å². The average Bonchev–Trinajstić information content (AvgIpc) is 3.17. The molecule has 1 heterocycles. The number of rotatable bonds is 9. The largest absolute Gasteiger partial charge is 0.379 e. The van der Waals surface area contributed by atoms with Gasteiger partial charge in [0.1, 0.15) is 0 Å². The molecule has 1 fully saturated rings. The molecule has 1 aromatic carbocycles. The number of likely N-dealkylation sites (N-methyl/N-ethyl adjacent to an activating group) is 1. The van der Waals surface area contributed by atoms with Gasteiger partial charge in [-0.3, -0.25) is 4.99 Å². The Hall–Kier alpha value is -1.06. The molecule has 1 saturated heterocycles. The van der Waals surface area contributed by atoms with Gasteiger partial charge in [0, 0.05) is 52.1 Å². The van der Waals surface area contributed by atoms with Crippen molar-refractivity contribution in [1.29, 1.82) is 0 Å². The van der Waals surface area contributed by atoms with E-state index in [1.165, 1.54) is 5.69 Å². The van der Waals surface area contributed by atoms with Crippen LogP contribution in [0, 0.1) is 0 Å². The Morgan fingerprint density at radius 3 is 2.77 bits per heavy atom. The first-order chi connectivity index (χ1) is 12.2. The fourth-order valence-corrected chi connectivity index (χ4v) is 2.69. The Morgan fingerprint density at radius 2 is 2.12 bits per heavy atom. The van der Waals surface area contributed by atoms with Crippen LogP contribution in [0.3, 0.4) is 0 Å². The van der Waals surface area contributed by atoms with Crippen molar-refractivity contribution in [1.82, 2.24) is 10.6 Å². The summed E-state index contributed by atoms with van der Waals surface area (Å²) in [7, 11) is 3.91. The highest BCUT2D eigenvalue weighted by Gasteiger charge is 2.15. The van der Waals surface area contributed by atoms with Crippen molar-refractivity contribution in [3.05, 3.63) is 30.3 Å². The third kappa shape index (κ3) is 8.09. The van der Waals surface area contributed by atoms with Crippen molar-refractivity contribution in [2.24, 2.45) is 4.99 Å². The third-order valence-corrected chi connectivity index (χ3v) is 4.47. The van der Waals surface area contributed by atoms with Gasteiger partial charge in [0.05, 0.1) is 12.7 Å². The predicted molar refractivity (Wildman–Crippen MR) is 119 cm³/mol. The molecular formula is C19H33IN4O2. The number of guanidine groups is 1.